The van der Waals surface area contributed by atoms with Crippen LogP contribution < -0.4 is 14.9 Å². The van der Waals surface area contributed by atoms with Gasteiger partial charge in [0.15, 0.2) is 0 Å². The molecule has 0 atom stereocenters. The smallest absolute Gasteiger partial charge is 0.266 e. The number of imide groups is 1. The van der Waals surface area contributed by atoms with Gasteiger partial charge in [-0.05, 0) is 72.8 Å². The lowest BCUT2D eigenvalue weighted by Gasteiger charge is -2.14. The number of carbonyl (C=O) groups is 3. The number of hydrogen-bond acceptors (Lipinski definition) is 6. The van der Waals surface area contributed by atoms with Gasteiger partial charge < -0.3 is 5.32 Å². The van der Waals surface area contributed by atoms with Gasteiger partial charge in [0.1, 0.15) is 5.82 Å². The first-order valence-corrected chi connectivity index (χ1v) is 12.2. The Balaban J connectivity index is 1.26. The van der Waals surface area contributed by atoms with E-state index in [9.17, 15) is 22.8 Å². The number of benzene rings is 3. The molecule has 9 nitrogen and oxygen atoms in total. The van der Waals surface area contributed by atoms with E-state index >= 15 is 0 Å². The van der Waals surface area contributed by atoms with Crippen LogP contribution in [0.25, 0.3) is 0 Å². The topological polar surface area (TPSA) is 126 Å². The van der Waals surface area contributed by atoms with E-state index in [1.165, 1.54) is 60.8 Å². The highest BCUT2D eigenvalue weighted by Gasteiger charge is 2.36. The van der Waals surface area contributed by atoms with Crippen molar-refractivity contribution in [1.82, 2.24) is 4.98 Å². The van der Waals surface area contributed by atoms with Crippen molar-refractivity contribution in [3.8, 4) is 0 Å². The second kappa shape index (κ2) is 9.08. The Morgan fingerprint density at radius 1 is 0.750 bits per heavy atom. The van der Waals surface area contributed by atoms with E-state index in [0.29, 0.717) is 28.1 Å². The van der Waals surface area contributed by atoms with Gasteiger partial charge >= 0.3 is 0 Å². The Morgan fingerprint density at radius 3 is 1.94 bits per heavy atom. The van der Waals surface area contributed by atoms with Gasteiger partial charge in [-0.3, -0.25) is 19.1 Å². The monoisotopic (exact) mass is 498 g/mol. The van der Waals surface area contributed by atoms with E-state index in [0.717, 1.165) is 4.90 Å². The molecule has 0 radical (unpaired) electrons. The number of aromatic nitrogens is 1. The number of pyridine rings is 1. The fourth-order valence-corrected chi connectivity index (χ4v) is 4.73. The molecule has 1 aliphatic heterocycles. The van der Waals surface area contributed by atoms with Crippen LogP contribution in [0.3, 0.4) is 0 Å². The van der Waals surface area contributed by atoms with Gasteiger partial charge in [0, 0.05) is 17.4 Å². The molecule has 0 unspecified atom stereocenters. The molecule has 0 fully saturated rings. The van der Waals surface area contributed by atoms with Crippen molar-refractivity contribution in [1.29, 1.82) is 0 Å². The predicted octanol–water partition coefficient (Wildman–Crippen LogP) is 3.94. The van der Waals surface area contributed by atoms with Crippen molar-refractivity contribution in [2.75, 3.05) is 14.9 Å². The third kappa shape index (κ3) is 4.32. The summed E-state index contributed by atoms with van der Waals surface area (Å²) >= 11 is 0. The van der Waals surface area contributed by atoms with Crippen molar-refractivity contribution in [2.24, 2.45) is 0 Å². The zero-order chi connectivity index (χ0) is 25.3. The maximum atomic E-state index is 12.7. The van der Waals surface area contributed by atoms with E-state index in [2.05, 4.69) is 15.0 Å². The molecule has 10 heteroatoms. The summed E-state index contributed by atoms with van der Waals surface area (Å²) in [4.78, 5) is 43.0. The molecule has 2 heterocycles. The van der Waals surface area contributed by atoms with Crippen molar-refractivity contribution in [3.05, 3.63) is 114 Å². The second-order valence-corrected chi connectivity index (χ2v) is 9.52. The number of anilines is 3. The molecule has 0 aliphatic carbocycles. The van der Waals surface area contributed by atoms with Crippen LogP contribution in [0.1, 0.15) is 31.1 Å². The molecule has 0 spiro atoms. The van der Waals surface area contributed by atoms with Crippen LogP contribution in [-0.2, 0) is 10.0 Å². The molecule has 4 aromatic rings. The average Bonchev–Trinajstić information content (AvgIpc) is 3.14. The Hall–Kier alpha value is -4.83. The molecule has 2 N–H and O–H groups in total. The van der Waals surface area contributed by atoms with Crippen molar-refractivity contribution in [3.63, 3.8) is 0 Å². The number of rotatable bonds is 6. The van der Waals surface area contributed by atoms with Crippen LogP contribution in [0.5, 0.6) is 0 Å². The summed E-state index contributed by atoms with van der Waals surface area (Å²) in [5.74, 6) is -1.08. The molecular formula is C26H18N4O5S. The number of nitrogens with zero attached hydrogens (tertiary/aromatic N) is 2. The lowest BCUT2D eigenvalue weighted by atomic mass is 10.1. The summed E-state index contributed by atoms with van der Waals surface area (Å²) in [5.41, 5.74) is 1.72. The highest BCUT2D eigenvalue weighted by Crippen LogP contribution is 2.28. The maximum Gasteiger partial charge on any atom is 0.266 e. The van der Waals surface area contributed by atoms with Gasteiger partial charge in [-0.25, -0.2) is 18.3 Å². The molecule has 36 heavy (non-hydrogen) atoms. The zero-order valence-corrected chi connectivity index (χ0v) is 19.4. The molecule has 178 valence electrons. The Morgan fingerprint density at radius 2 is 1.36 bits per heavy atom. The molecule has 1 aromatic heterocycles. The largest absolute Gasteiger partial charge is 0.322 e. The van der Waals surface area contributed by atoms with E-state index in [1.54, 1.807) is 36.4 Å². The summed E-state index contributed by atoms with van der Waals surface area (Å²) in [6.07, 6.45) is 1.48. The predicted molar refractivity (Wildman–Crippen MR) is 133 cm³/mol. The van der Waals surface area contributed by atoms with Crippen LogP contribution in [0.15, 0.2) is 102 Å². The molecule has 3 amide bonds. The molecule has 0 bridgehead atoms. The minimum Gasteiger partial charge on any atom is -0.322 e. The first-order valence-electron chi connectivity index (χ1n) is 10.8. The number of carbonyl (C=O) groups excluding carboxylic acids is 3. The van der Waals surface area contributed by atoms with E-state index in [-0.39, 0.29) is 10.7 Å². The third-order valence-corrected chi connectivity index (χ3v) is 6.88. The third-order valence-electron chi connectivity index (χ3n) is 5.51. The molecular weight excluding hydrogens is 480 g/mol. The zero-order valence-electron chi connectivity index (χ0n) is 18.6. The highest BCUT2D eigenvalue weighted by atomic mass is 32.2. The first-order chi connectivity index (χ1) is 17.3. The van der Waals surface area contributed by atoms with E-state index < -0.39 is 27.7 Å². The summed E-state index contributed by atoms with van der Waals surface area (Å²) in [6, 6.07) is 23.2. The number of fused-ring (bicyclic) bond motifs is 1. The fraction of sp³-hybridized carbons (Fsp3) is 0. The second-order valence-electron chi connectivity index (χ2n) is 7.84. The molecule has 3 aromatic carbocycles. The normalized spacial score (nSPS) is 12.8. The van der Waals surface area contributed by atoms with Crippen molar-refractivity contribution in [2.45, 2.75) is 4.90 Å². The molecule has 5 rings (SSSR count). The first kappa shape index (κ1) is 22.9. The minimum absolute atomic E-state index is 0.0106. The molecule has 0 saturated heterocycles. The van der Waals surface area contributed by atoms with Gasteiger partial charge in [-0.1, -0.05) is 18.2 Å². The Labute approximate surface area is 206 Å². The van der Waals surface area contributed by atoms with Crippen LogP contribution in [0, 0.1) is 0 Å². The van der Waals surface area contributed by atoms with Gasteiger partial charge in [-0.15, -0.1) is 0 Å². The lowest BCUT2D eigenvalue weighted by molar-refractivity contribution is 0.0925. The SMILES string of the molecule is O=C(Nc1ccc(S(=O)(=O)Nc2ccccn2)cc1)c1ccc(N2C(=O)c3ccccc3C2=O)cc1. The van der Waals surface area contributed by atoms with Crippen molar-refractivity contribution >= 4 is 44.9 Å². The van der Waals surface area contributed by atoms with Gasteiger partial charge in [0.2, 0.25) is 0 Å². The molecule has 1 aliphatic rings. The number of amides is 3. The average molecular weight is 499 g/mol. The highest BCUT2D eigenvalue weighted by molar-refractivity contribution is 7.92. The van der Waals surface area contributed by atoms with Gasteiger partial charge in [0.25, 0.3) is 27.7 Å². The number of hydrogen-bond donors (Lipinski definition) is 2. The summed E-state index contributed by atoms with van der Waals surface area (Å²) in [5, 5.41) is 2.69. The van der Waals surface area contributed by atoms with E-state index in [4.69, 9.17) is 0 Å². The van der Waals surface area contributed by atoms with Crippen LogP contribution >= 0.6 is 0 Å². The van der Waals surface area contributed by atoms with Crippen LogP contribution in [0.2, 0.25) is 0 Å². The maximum absolute atomic E-state index is 12.7. The van der Waals surface area contributed by atoms with E-state index in [1.807, 2.05) is 0 Å². The quantitative estimate of drug-likeness (QED) is 0.388. The van der Waals surface area contributed by atoms with Crippen LogP contribution in [0.4, 0.5) is 17.2 Å². The van der Waals surface area contributed by atoms with Crippen molar-refractivity contribution < 1.29 is 22.8 Å². The standard InChI is InChI=1S/C26H18N4O5S/c31-24(28-18-10-14-20(15-11-18)36(34,35)29-23-7-3-4-16-27-23)17-8-12-19(13-9-17)30-25(32)21-5-1-2-6-22(21)26(30)33/h1-16H,(H,27,29)(H,28,31). The summed E-state index contributed by atoms with van der Waals surface area (Å²) in [7, 11) is -3.84. The fourth-order valence-electron chi connectivity index (χ4n) is 3.73. The Kier molecular flexibility index (Phi) is 5.79. The van der Waals surface area contributed by atoms with Gasteiger partial charge in [-0.2, -0.15) is 0 Å². The number of nitrogens with one attached hydrogen (secondary N) is 2. The van der Waals surface area contributed by atoms with Gasteiger partial charge in [0.05, 0.1) is 21.7 Å². The number of sulfonamides is 1. The summed E-state index contributed by atoms with van der Waals surface area (Å²) in [6.45, 7) is 0. The Bertz CT molecular complexity index is 1550. The minimum atomic E-state index is -3.84. The summed E-state index contributed by atoms with van der Waals surface area (Å²) < 4.78 is 27.4. The lowest BCUT2D eigenvalue weighted by Crippen LogP contribution is -2.29. The van der Waals surface area contributed by atoms with Crippen LogP contribution in [-0.4, -0.2) is 31.1 Å². The molecule has 0 saturated carbocycles.